The van der Waals surface area contributed by atoms with E-state index >= 15 is 0 Å². The zero-order valence-electron chi connectivity index (χ0n) is 13.6. The van der Waals surface area contributed by atoms with E-state index in [2.05, 4.69) is 20.2 Å². The van der Waals surface area contributed by atoms with Gasteiger partial charge in [0.25, 0.3) is 5.91 Å². The molecule has 1 amide bonds. The third kappa shape index (κ3) is 2.94. The van der Waals surface area contributed by atoms with Gasteiger partial charge in [0.2, 0.25) is 0 Å². The van der Waals surface area contributed by atoms with Crippen molar-refractivity contribution in [3.05, 3.63) is 48.4 Å². The summed E-state index contributed by atoms with van der Waals surface area (Å²) in [6.07, 6.45) is 10.9. The molecule has 6 nitrogen and oxygen atoms in total. The molecule has 0 aromatic carbocycles. The minimum atomic E-state index is -0.106. The molecule has 2 aromatic rings. The summed E-state index contributed by atoms with van der Waals surface area (Å²) in [4.78, 5) is 22.8. The number of amides is 1. The smallest absolute Gasteiger partial charge is 0.271 e. The first-order valence-corrected chi connectivity index (χ1v) is 8.57. The minimum Gasteiger partial charge on any atom is -0.468 e. The average Bonchev–Trinajstić information content (AvgIpc) is 3.13. The Bertz CT molecular complexity index is 678. The van der Waals surface area contributed by atoms with E-state index in [1.165, 1.54) is 12.6 Å². The summed E-state index contributed by atoms with van der Waals surface area (Å²) in [6.45, 7) is 2.98. The van der Waals surface area contributed by atoms with Crippen LogP contribution in [0.4, 0.5) is 0 Å². The van der Waals surface area contributed by atoms with E-state index in [1.807, 2.05) is 12.1 Å². The van der Waals surface area contributed by atoms with Crippen LogP contribution in [0.3, 0.4) is 0 Å². The molecular formula is C18H22N4O2. The van der Waals surface area contributed by atoms with E-state index in [-0.39, 0.29) is 17.4 Å². The summed E-state index contributed by atoms with van der Waals surface area (Å²) < 4.78 is 5.44. The lowest BCUT2D eigenvalue weighted by Gasteiger charge is -2.54. The largest absolute Gasteiger partial charge is 0.468 e. The predicted molar refractivity (Wildman–Crippen MR) is 88.2 cm³/mol. The number of hydrogen-bond acceptors (Lipinski definition) is 5. The molecule has 2 aromatic heterocycles. The highest BCUT2D eigenvalue weighted by Gasteiger charge is 2.48. The van der Waals surface area contributed by atoms with E-state index in [0.29, 0.717) is 5.69 Å². The maximum atomic E-state index is 12.3. The lowest BCUT2D eigenvalue weighted by Crippen LogP contribution is -2.59. The molecule has 1 saturated heterocycles. The minimum absolute atomic E-state index is 0.106. The maximum absolute atomic E-state index is 12.3. The fourth-order valence-electron chi connectivity index (χ4n) is 3.95. The Balaban J connectivity index is 1.33. The summed E-state index contributed by atoms with van der Waals surface area (Å²) in [5.41, 5.74) is 0.659. The summed E-state index contributed by atoms with van der Waals surface area (Å²) in [6, 6.07) is 4.22. The van der Waals surface area contributed by atoms with Crippen LogP contribution in [0, 0.1) is 5.41 Å². The van der Waals surface area contributed by atoms with Crippen molar-refractivity contribution in [3.8, 4) is 0 Å². The molecule has 1 spiro atoms. The molecule has 0 bridgehead atoms. The zero-order valence-corrected chi connectivity index (χ0v) is 13.6. The summed E-state index contributed by atoms with van der Waals surface area (Å²) >= 11 is 0. The third-order valence-electron chi connectivity index (χ3n) is 5.58. The molecule has 1 N–H and O–H groups in total. The summed E-state index contributed by atoms with van der Waals surface area (Å²) in [5, 5.41) is 3.18. The van der Waals surface area contributed by atoms with Gasteiger partial charge >= 0.3 is 0 Å². The van der Waals surface area contributed by atoms with Gasteiger partial charge in [-0.25, -0.2) is 4.98 Å². The monoisotopic (exact) mass is 326 g/mol. The Hall–Kier alpha value is -2.21. The maximum Gasteiger partial charge on any atom is 0.271 e. The van der Waals surface area contributed by atoms with Gasteiger partial charge in [-0.3, -0.25) is 14.7 Å². The first-order chi connectivity index (χ1) is 11.8. The molecule has 6 heteroatoms. The van der Waals surface area contributed by atoms with Gasteiger partial charge in [0.05, 0.1) is 19.0 Å². The second kappa shape index (κ2) is 6.36. The molecule has 24 heavy (non-hydrogen) atoms. The van der Waals surface area contributed by atoms with Crippen molar-refractivity contribution in [1.82, 2.24) is 20.2 Å². The van der Waals surface area contributed by atoms with Crippen molar-refractivity contribution in [3.63, 3.8) is 0 Å². The van der Waals surface area contributed by atoms with Crippen LogP contribution < -0.4 is 5.32 Å². The molecule has 4 rings (SSSR count). The second-order valence-corrected chi connectivity index (χ2v) is 6.87. The number of nitrogens with zero attached hydrogens (tertiary/aromatic N) is 3. The van der Waals surface area contributed by atoms with Crippen LogP contribution in [0.5, 0.6) is 0 Å². The SMILES string of the molecule is O=C(NC1CCC12CCN(Cc1ccco1)CC2)c1cnccn1. The number of piperidine rings is 1. The van der Waals surface area contributed by atoms with Crippen molar-refractivity contribution in [2.75, 3.05) is 13.1 Å². The number of hydrogen-bond donors (Lipinski definition) is 1. The zero-order chi connectivity index (χ0) is 16.4. The van der Waals surface area contributed by atoms with Gasteiger partial charge in [-0.05, 0) is 56.3 Å². The molecule has 3 heterocycles. The Labute approximate surface area is 141 Å². The molecular weight excluding hydrogens is 304 g/mol. The van der Waals surface area contributed by atoms with Gasteiger partial charge in [-0.1, -0.05) is 0 Å². The average molecular weight is 326 g/mol. The Morgan fingerprint density at radius 3 is 2.83 bits per heavy atom. The number of likely N-dealkylation sites (tertiary alicyclic amines) is 1. The highest BCUT2D eigenvalue weighted by atomic mass is 16.3. The van der Waals surface area contributed by atoms with E-state index in [1.54, 1.807) is 18.7 Å². The second-order valence-electron chi connectivity index (χ2n) is 6.87. The number of nitrogens with one attached hydrogen (secondary N) is 1. The lowest BCUT2D eigenvalue weighted by molar-refractivity contribution is -0.00857. The Kier molecular flexibility index (Phi) is 4.06. The van der Waals surface area contributed by atoms with Crippen LogP contribution >= 0.6 is 0 Å². The van der Waals surface area contributed by atoms with Gasteiger partial charge in [-0.15, -0.1) is 0 Å². The normalized spacial score (nSPS) is 22.9. The number of carbonyl (C=O) groups is 1. The van der Waals surface area contributed by atoms with Crippen molar-refractivity contribution in [2.45, 2.75) is 38.3 Å². The number of carbonyl (C=O) groups excluding carboxylic acids is 1. The van der Waals surface area contributed by atoms with Crippen LogP contribution in [0.1, 0.15) is 41.9 Å². The molecule has 126 valence electrons. The van der Waals surface area contributed by atoms with Gasteiger partial charge < -0.3 is 9.73 Å². The fraction of sp³-hybridized carbons (Fsp3) is 0.500. The van der Waals surface area contributed by atoms with Crippen molar-refractivity contribution < 1.29 is 9.21 Å². The lowest BCUT2D eigenvalue weighted by atomic mass is 9.59. The molecule has 1 aliphatic carbocycles. The first-order valence-electron chi connectivity index (χ1n) is 8.57. The van der Waals surface area contributed by atoms with Crippen molar-refractivity contribution in [2.24, 2.45) is 5.41 Å². The van der Waals surface area contributed by atoms with Crippen molar-refractivity contribution >= 4 is 5.91 Å². The summed E-state index contributed by atoms with van der Waals surface area (Å²) in [5.74, 6) is 0.914. The van der Waals surface area contributed by atoms with Gasteiger partial charge in [0, 0.05) is 18.4 Å². The van der Waals surface area contributed by atoms with Crippen LogP contribution in [0.2, 0.25) is 0 Å². The highest BCUT2D eigenvalue weighted by molar-refractivity contribution is 5.92. The van der Waals surface area contributed by atoms with Gasteiger partial charge in [-0.2, -0.15) is 0 Å². The first kappa shape index (κ1) is 15.3. The van der Waals surface area contributed by atoms with Crippen LogP contribution in [-0.4, -0.2) is 39.9 Å². The molecule has 2 fully saturated rings. The van der Waals surface area contributed by atoms with Crippen LogP contribution in [0.25, 0.3) is 0 Å². The van der Waals surface area contributed by atoms with Crippen LogP contribution in [-0.2, 0) is 6.54 Å². The number of rotatable bonds is 4. The number of furan rings is 1. The van der Waals surface area contributed by atoms with E-state index in [0.717, 1.165) is 44.7 Å². The topological polar surface area (TPSA) is 71.3 Å². The standard InChI is InChI=1S/C18H22N4O2/c23-17(15-12-19-7-8-20-15)21-16-3-4-18(16)5-9-22(10-6-18)13-14-2-1-11-24-14/h1-2,7-8,11-12,16H,3-6,9-10,13H2,(H,21,23). The summed E-state index contributed by atoms with van der Waals surface area (Å²) in [7, 11) is 0. The highest BCUT2D eigenvalue weighted by Crippen LogP contribution is 2.49. The quantitative estimate of drug-likeness (QED) is 0.933. The van der Waals surface area contributed by atoms with E-state index in [4.69, 9.17) is 4.42 Å². The predicted octanol–water partition coefficient (Wildman–Crippen LogP) is 2.24. The molecule has 1 aliphatic heterocycles. The van der Waals surface area contributed by atoms with Gasteiger partial charge in [0.15, 0.2) is 0 Å². The molecule has 0 radical (unpaired) electrons. The van der Waals surface area contributed by atoms with Crippen LogP contribution in [0.15, 0.2) is 41.4 Å². The van der Waals surface area contributed by atoms with E-state index in [9.17, 15) is 4.79 Å². The fourth-order valence-corrected chi connectivity index (χ4v) is 3.95. The molecule has 1 unspecified atom stereocenters. The molecule has 2 aliphatic rings. The Morgan fingerprint density at radius 1 is 1.33 bits per heavy atom. The van der Waals surface area contributed by atoms with Crippen molar-refractivity contribution in [1.29, 1.82) is 0 Å². The van der Waals surface area contributed by atoms with Gasteiger partial charge in [0.1, 0.15) is 11.5 Å². The third-order valence-corrected chi connectivity index (χ3v) is 5.58. The molecule has 1 atom stereocenters. The van der Waals surface area contributed by atoms with E-state index < -0.39 is 0 Å². The number of aromatic nitrogens is 2. The Morgan fingerprint density at radius 2 is 2.21 bits per heavy atom. The molecule has 1 saturated carbocycles.